The first-order chi connectivity index (χ1) is 21.8. The van der Waals surface area contributed by atoms with Gasteiger partial charge in [-0.3, -0.25) is 4.79 Å². The van der Waals surface area contributed by atoms with Gasteiger partial charge in [-0.25, -0.2) is 0 Å². The summed E-state index contributed by atoms with van der Waals surface area (Å²) >= 11 is 0. The zero-order valence-electron chi connectivity index (χ0n) is 29.2. The number of fused-ring (bicyclic) bond motifs is 4. The Morgan fingerprint density at radius 1 is 0.979 bits per heavy atom. The molecule has 5 saturated carbocycles. The second-order valence-corrected chi connectivity index (χ2v) is 18.3. The average Bonchev–Trinajstić information content (AvgIpc) is 3.61. The molecule has 11 nitrogen and oxygen atoms in total. The molecular weight excluding hydrogens is 606 g/mol. The van der Waals surface area contributed by atoms with Crippen molar-refractivity contribution in [3.05, 3.63) is 0 Å². The van der Waals surface area contributed by atoms with Crippen molar-refractivity contribution in [3.8, 4) is 0 Å². The van der Waals surface area contributed by atoms with E-state index in [9.17, 15) is 30.3 Å². The Hall–Kier alpha value is -0.890. The number of hydrogen-bond donors (Lipinski definition) is 6. The van der Waals surface area contributed by atoms with Crippen LogP contribution in [0.1, 0.15) is 99.8 Å². The molecule has 2 saturated heterocycles. The maximum absolute atomic E-state index is 12.4. The Morgan fingerprint density at radius 3 is 2.30 bits per heavy atom. The molecule has 0 aromatic carbocycles. The van der Waals surface area contributed by atoms with Gasteiger partial charge >= 0.3 is 5.97 Å². The first-order valence-corrected chi connectivity index (χ1v) is 18.1. The van der Waals surface area contributed by atoms with E-state index < -0.39 is 66.1 Å². The van der Waals surface area contributed by atoms with Gasteiger partial charge in [-0.1, -0.05) is 27.7 Å². The van der Waals surface area contributed by atoms with Gasteiger partial charge in [-0.05, 0) is 111 Å². The Labute approximate surface area is 278 Å². The highest BCUT2D eigenvalue weighted by molar-refractivity contribution is 5.66. The van der Waals surface area contributed by atoms with E-state index in [0.29, 0.717) is 12.3 Å². The molecule has 2 heterocycles. The summed E-state index contributed by atoms with van der Waals surface area (Å²) in [6.07, 6.45) is -0.467. The average molecular weight is 666 g/mol. The molecule has 0 aromatic rings. The number of aliphatic hydroxyl groups is 5. The molecule has 5 aliphatic carbocycles. The van der Waals surface area contributed by atoms with Crippen LogP contribution < -0.4 is 5.73 Å². The number of rotatable bonds is 5. The number of aliphatic hydroxyl groups excluding tert-OH is 4. The van der Waals surface area contributed by atoms with Crippen LogP contribution in [0.2, 0.25) is 0 Å². The Balaban J connectivity index is 1.14. The predicted octanol–water partition coefficient (Wildman–Crippen LogP) is 2.02. The van der Waals surface area contributed by atoms with E-state index in [4.69, 9.17) is 24.7 Å². The van der Waals surface area contributed by atoms with E-state index in [1.54, 1.807) is 13.8 Å². The minimum absolute atomic E-state index is 0.0258. The van der Waals surface area contributed by atoms with Crippen molar-refractivity contribution < 1.29 is 49.3 Å². The summed E-state index contributed by atoms with van der Waals surface area (Å²) in [5, 5.41) is 54.2. The third-order valence-electron chi connectivity index (χ3n) is 15.3. The highest BCUT2D eigenvalue weighted by atomic mass is 16.7. The minimum Gasteiger partial charge on any atom is -0.457 e. The topological polar surface area (TPSA) is 181 Å². The van der Waals surface area contributed by atoms with Crippen molar-refractivity contribution in [1.82, 2.24) is 0 Å². The van der Waals surface area contributed by atoms with Crippen molar-refractivity contribution in [2.24, 2.45) is 51.1 Å². The fourth-order valence-corrected chi connectivity index (χ4v) is 13.3. The summed E-state index contributed by atoms with van der Waals surface area (Å²) in [4.78, 5) is 12.0. The van der Waals surface area contributed by atoms with Crippen LogP contribution >= 0.6 is 0 Å². The SMILES string of the molecule is CC(=O)OC(C1C[C@@H](C)[C@H]2[C@H](O1)[C@H](O)[C@@]1(N)C3CC[C@H]4C(C)(C)C(OC5OC[C@@H](O)C(O)[C@H]5O)CCC45CC35CCC21C)C(C)(C)O. The molecule has 268 valence electrons. The van der Waals surface area contributed by atoms with Gasteiger partial charge in [0.15, 0.2) is 12.4 Å². The Morgan fingerprint density at radius 2 is 1.64 bits per heavy atom. The highest BCUT2D eigenvalue weighted by Gasteiger charge is 2.85. The van der Waals surface area contributed by atoms with E-state index >= 15 is 0 Å². The van der Waals surface area contributed by atoms with Gasteiger partial charge in [-0.15, -0.1) is 0 Å². The summed E-state index contributed by atoms with van der Waals surface area (Å²) in [5.74, 6) is 0.210. The van der Waals surface area contributed by atoms with E-state index in [2.05, 4.69) is 27.7 Å². The molecule has 0 bridgehead atoms. The van der Waals surface area contributed by atoms with Crippen LogP contribution in [0.4, 0.5) is 0 Å². The maximum Gasteiger partial charge on any atom is 0.303 e. The van der Waals surface area contributed by atoms with E-state index in [-0.39, 0.29) is 52.1 Å². The van der Waals surface area contributed by atoms with Crippen molar-refractivity contribution in [2.75, 3.05) is 6.61 Å². The molecule has 9 unspecified atom stereocenters. The number of nitrogens with two attached hydrogens (primary N) is 1. The molecule has 0 amide bonds. The molecule has 2 aliphatic heterocycles. The van der Waals surface area contributed by atoms with Crippen molar-refractivity contribution in [3.63, 3.8) is 0 Å². The van der Waals surface area contributed by atoms with Crippen LogP contribution in [0, 0.1) is 45.3 Å². The van der Waals surface area contributed by atoms with Gasteiger partial charge in [0.1, 0.15) is 18.3 Å². The van der Waals surface area contributed by atoms with Gasteiger partial charge < -0.3 is 50.2 Å². The fourth-order valence-electron chi connectivity index (χ4n) is 13.3. The van der Waals surface area contributed by atoms with Crippen LogP contribution in [-0.4, -0.2) is 104 Å². The fraction of sp³-hybridized carbons (Fsp3) is 0.972. The van der Waals surface area contributed by atoms with Gasteiger partial charge in [-0.2, -0.15) is 0 Å². The molecule has 47 heavy (non-hydrogen) atoms. The quantitative estimate of drug-likeness (QED) is 0.187. The normalized spacial score (nSPS) is 55.4. The first kappa shape index (κ1) is 34.6. The lowest BCUT2D eigenvalue weighted by molar-refractivity contribution is -0.302. The largest absolute Gasteiger partial charge is 0.457 e. The molecule has 0 radical (unpaired) electrons. The smallest absolute Gasteiger partial charge is 0.303 e. The third-order valence-corrected chi connectivity index (χ3v) is 15.3. The Bertz CT molecular complexity index is 1260. The number of carbonyl (C=O) groups is 1. The lowest BCUT2D eigenvalue weighted by Crippen LogP contribution is -2.70. The van der Waals surface area contributed by atoms with Crippen molar-refractivity contribution >= 4 is 5.97 Å². The van der Waals surface area contributed by atoms with Crippen LogP contribution in [0.3, 0.4) is 0 Å². The zero-order valence-corrected chi connectivity index (χ0v) is 29.2. The summed E-state index contributed by atoms with van der Waals surface area (Å²) < 4.78 is 24.4. The lowest BCUT2D eigenvalue weighted by Gasteiger charge is -2.63. The minimum atomic E-state index is -1.32. The van der Waals surface area contributed by atoms with E-state index in [1.807, 2.05) is 0 Å². The second-order valence-electron chi connectivity index (χ2n) is 18.3. The number of hydrogen-bond acceptors (Lipinski definition) is 11. The van der Waals surface area contributed by atoms with Gasteiger partial charge in [0.05, 0.1) is 42.2 Å². The van der Waals surface area contributed by atoms with Crippen LogP contribution in [0.25, 0.3) is 0 Å². The first-order valence-electron chi connectivity index (χ1n) is 18.1. The van der Waals surface area contributed by atoms with Crippen LogP contribution in [-0.2, 0) is 23.7 Å². The standard InChI is InChI=1S/C36H59NO10/c1-17-14-20(29(32(5,6)43)45-18(2)38)46-27-24(17)33(7)12-13-35-16-34(35)11-10-23(47-30-26(41)25(40)19(39)15-44-30)31(3,4)21(34)8-9-22(35)36(33,37)28(27)42/h17,19-30,39-43H,8-16,37H2,1-7H3/t17-,19-,20?,21+,22?,23?,24+,25?,26-,27+,28+,29?,30?,33?,34?,35?,36+/m1/s1. The molecule has 0 aromatic heterocycles. The molecule has 17 atom stereocenters. The lowest BCUT2D eigenvalue weighted by atomic mass is 9.43. The monoisotopic (exact) mass is 665 g/mol. The second kappa shape index (κ2) is 10.8. The summed E-state index contributed by atoms with van der Waals surface area (Å²) in [7, 11) is 0. The summed E-state index contributed by atoms with van der Waals surface area (Å²) in [5.41, 5.74) is 5.11. The third kappa shape index (κ3) is 4.53. The zero-order chi connectivity index (χ0) is 34.3. The molecule has 7 rings (SSSR count). The Kier molecular flexibility index (Phi) is 7.95. The summed E-state index contributed by atoms with van der Waals surface area (Å²) in [6, 6.07) is 0. The van der Waals surface area contributed by atoms with Crippen molar-refractivity contribution in [1.29, 1.82) is 0 Å². The molecular formula is C36H59NO10. The highest BCUT2D eigenvalue weighted by Crippen LogP contribution is 2.87. The molecule has 11 heteroatoms. The molecule has 7 fully saturated rings. The maximum atomic E-state index is 12.4. The van der Waals surface area contributed by atoms with E-state index in [0.717, 1.165) is 44.9 Å². The summed E-state index contributed by atoms with van der Waals surface area (Å²) in [6.45, 7) is 13.5. The van der Waals surface area contributed by atoms with E-state index in [1.165, 1.54) is 6.92 Å². The van der Waals surface area contributed by atoms with Crippen molar-refractivity contribution in [2.45, 2.75) is 166 Å². The molecule has 7 aliphatic rings. The predicted molar refractivity (Wildman–Crippen MR) is 169 cm³/mol. The van der Waals surface area contributed by atoms with Crippen LogP contribution in [0.15, 0.2) is 0 Å². The van der Waals surface area contributed by atoms with Gasteiger partial charge in [0, 0.05) is 6.92 Å². The van der Waals surface area contributed by atoms with Crippen LogP contribution in [0.5, 0.6) is 0 Å². The number of esters is 1. The molecule has 2 spiro atoms. The molecule has 7 N–H and O–H groups in total. The number of carbonyl (C=O) groups excluding carboxylic acids is 1. The number of ether oxygens (including phenoxy) is 4. The van der Waals surface area contributed by atoms with Gasteiger partial charge in [0.25, 0.3) is 0 Å². The van der Waals surface area contributed by atoms with Gasteiger partial charge in [0.2, 0.25) is 0 Å².